The van der Waals surface area contributed by atoms with E-state index in [1.807, 2.05) is 24.3 Å². The van der Waals surface area contributed by atoms with Gasteiger partial charge in [0.25, 0.3) is 0 Å². The van der Waals surface area contributed by atoms with E-state index in [0.717, 1.165) is 55.4 Å². The maximum atomic E-state index is 11.1. The Morgan fingerprint density at radius 3 is 2.96 bits per heavy atom. The number of halogens is 1. The fourth-order valence-electron chi connectivity index (χ4n) is 3.05. The Morgan fingerprint density at radius 2 is 2.26 bits per heavy atom. The van der Waals surface area contributed by atoms with Crippen molar-refractivity contribution in [2.45, 2.75) is 25.7 Å². The summed E-state index contributed by atoms with van der Waals surface area (Å²) in [6.45, 7) is 2.56. The van der Waals surface area contributed by atoms with E-state index < -0.39 is 0 Å². The molecule has 0 aromatic heterocycles. The van der Waals surface area contributed by atoms with Crippen LogP contribution in [-0.4, -0.2) is 43.4 Å². The van der Waals surface area contributed by atoms with Crippen molar-refractivity contribution in [1.82, 2.24) is 10.2 Å². The molecule has 1 fully saturated rings. The van der Waals surface area contributed by atoms with Gasteiger partial charge in [-0.3, -0.25) is 9.79 Å². The predicted octanol–water partition coefficient (Wildman–Crippen LogP) is 2.05. The van der Waals surface area contributed by atoms with Gasteiger partial charge in [0.1, 0.15) is 0 Å². The molecule has 1 aliphatic heterocycles. The van der Waals surface area contributed by atoms with Crippen molar-refractivity contribution >= 4 is 23.5 Å². The van der Waals surface area contributed by atoms with E-state index in [9.17, 15) is 4.79 Å². The highest BCUT2D eigenvalue weighted by Gasteiger charge is 2.23. The molecule has 3 N–H and O–H groups in total. The molecule has 126 valence electrons. The monoisotopic (exact) mass is 336 g/mol. The van der Waals surface area contributed by atoms with Crippen LogP contribution in [0.25, 0.3) is 0 Å². The van der Waals surface area contributed by atoms with Crippen LogP contribution in [0.1, 0.15) is 24.8 Å². The van der Waals surface area contributed by atoms with Gasteiger partial charge in [0.2, 0.25) is 5.91 Å². The van der Waals surface area contributed by atoms with Crippen LogP contribution in [0.5, 0.6) is 0 Å². The molecule has 0 spiro atoms. The third-order valence-electron chi connectivity index (χ3n) is 4.16. The number of carbonyl (C=O) groups excluding carboxylic acids is 1. The van der Waals surface area contributed by atoms with Crippen molar-refractivity contribution < 1.29 is 4.79 Å². The minimum atomic E-state index is -0.224. The van der Waals surface area contributed by atoms with Gasteiger partial charge in [-0.2, -0.15) is 0 Å². The van der Waals surface area contributed by atoms with Crippen molar-refractivity contribution in [3.8, 4) is 0 Å². The lowest BCUT2D eigenvalue weighted by molar-refractivity contribution is -0.119. The molecule has 0 radical (unpaired) electrons. The van der Waals surface area contributed by atoms with Crippen LogP contribution in [0.3, 0.4) is 0 Å². The molecule has 1 aromatic carbocycles. The van der Waals surface area contributed by atoms with Crippen molar-refractivity contribution in [2.24, 2.45) is 16.6 Å². The van der Waals surface area contributed by atoms with Gasteiger partial charge in [0.05, 0.1) is 0 Å². The highest BCUT2D eigenvalue weighted by atomic mass is 35.5. The summed E-state index contributed by atoms with van der Waals surface area (Å²) < 4.78 is 0. The van der Waals surface area contributed by atoms with Crippen LogP contribution in [0.4, 0.5) is 0 Å². The normalized spacial score (nSPS) is 18.8. The van der Waals surface area contributed by atoms with Gasteiger partial charge >= 0.3 is 0 Å². The number of nitrogens with two attached hydrogens (primary N) is 1. The number of benzene rings is 1. The summed E-state index contributed by atoms with van der Waals surface area (Å²) in [6.07, 6.45) is 3.41. The third kappa shape index (κ3) is 5.43. The van der Waals surface area contributed by atoms with E-state index in [4.69, 9.17) is 17.3 Å². The van der Waals surface area contributed by atoms with E-state index in [2.05, 4.69) is 15.2 Å². The van der Waals surface area contributed by atoms with Crippen molar-refractivity contribution in [3.05, 3.63) is 34.9 Å². The molecule has 23 heavy (non-hydrogen) atoms. The minimum Gasteiger partial charge on any atom is -0.370 e. The van der Waals surface area contributed by atoms with Crippen molar-refractivity contribution in [1.29, 1.82) is 0 Å². The Morgan fingerprint density at radius 1 is 1.48 bits per heavy atom. The predicted molar refractivity (Wildman–Crippen MR) is 94.6 cm³/mol. The molecule has 0 aliphatic carbocycles. The average Bonchev–Trinajstić information content (AvgIpc) is 2.53. The first-order valence-electron chi connectivity index (χ1n) is 8.07. The molecule has 5 nitrogen and oxygen atoms in total. The molecule has 1 unspecified atom stereocenters. The highest BCUT2D eigenvalue weighted by Crippen LogP contribution is 2.19. The fraction of sp³-hybridized carbons (Fsp3) is 0.529. The van der Waals surface area contributed by atoms with E-state index in [1.54, 1.807) is 7.05 Å². The summed E-state index contributed by atoms with van der Waals surface area (Å²) >= 11 is 6.18. The smallest absolute Gasteiger partial charge is 0.217 e. The van der Waals surface area contributed by atoms with Crippen LogP contribution >= 0.6 is 11.6 Å². The van der Waals surface area contributed by atoms with Crippen LogP contribution in [0.2, 0.25) is 5.02 Å². The Kier molecular flexibility index (Phi) is 6.71. The van der Waals surface area contributed by atoms with Crippen LogP contribution in [0.15, 0.2) is 29.3 Å². The zero-order valence-electron chi connectivity index (χ0n) is 13.6. The molecule has 1 aromatic rings. The van der Waals surface area contributed by atoms with E-state index in [-0.39, 0.29) is 5.91 Å². The Balaban J connectivity index is 1.85. The first kappa shape index (κ1) is 17.6. The van der Waals surface area contributed by atoms with Crippen LogP contribution in [-0.2, 0) is 11.2 Å². The lowest BCUT2D eigenvalue weighted by Gasteiger charge is -2.34. The number of aliphatic imine (C=N–C) groups is 1. The minimum absolute atomic E-state index is 0.224. The average molecular weight is 337 g/mol. The Labute approximate surface area is 142 Å². The summed E-state index contributed by atoms with van der Waals surface area (Å²) in [6, 6.07) is 7.88. The third-order valence-corrected chi connectivity index (χ3v) is 4.52. The first-order valence-corrected chi connectivity index (χ1v) is 8.45. The lowest BCUT2D eigenvalue weighted by Crippen LogP contribution is -2.47. The number of carbonyl (C=O) groups is 1. The second-order valence-corrected chi connectivity index (χ2v) is 6.35. The zero-order chi connectivity index (χ0) is 16.7. The molecule has 1 atom stereocenters. The maximum absolute atomic E-state index is 11.1. The van der Waals surface area contributed by atoms with Gasteiger partial charge in [0.15, 0.2) is 5.96 Å². The summed E-state index contributed by atoms with van der Waals surface area (Å²) in [7, 11) is 1.79. The summed E-state index contributed by atoms with van der Waals surface area (Å²) in [5, 5.41) is 4.18. The number of hydrogen-bond acceptors (Lipinski definition) is 2. The quantitative estimate of drug-likeness (QED) is 0.638. The van der Waals surface area contributed by atoms with E-state index in [1.165, 1.54) is 0 Å². The molecular formula is C17H25ClN4O. The number of guanidine groups is 1. The number of hydrogen-bond donors (Lipinski definition) is 2. The molecule has 0 bridgehead atoms. The lowest BCUT2D eigenvalue weighted by atomic mass is 9.95. The van der Waals surface area contributed by atoms with Crippen LogP contribution in [0, 0.1) is 5.92 Å². The number of primary amides is 1. The highest BCUT2D eigenvalue weighted by molar-refractivity contribution is 6.31. The fourth-order valence-corrected chi connectivity index (χ4v) is 3.28. The molecule has 1 heterocycles. The number of likely N-dealkylation sites (tertiary alicyclic amines) is 1. The topological polar surface area (TPSA) is 70.7 Å². The van der Waals surface area contributed by atoms with Gasteiger partial charge < -0.3 is 16.0 Å². The second kappa shape index (κ2) is 8.77. The SMILES string of the molecule is CN=C(NCCc1ccccc1Cl)N1CCCC(CC(N)=O)C1. The summed E-state index contributed by atoms with van der Waals surface area (Å²) in [4.78, 5) is 17.7. The first-order chi connectivity index (χ1) is 11.1. The van der Waals surface area contributed by atoms with Gasteiger partial charge in [0, 0.05) is 38.1 Å². The second-order valence-electron chi connectivity index (χ2n) is 5.94. The van der Waals surface area contributed by atoms with Crippen molar-refractivity contribution in [3.63, 3.8) is 0 Å². The van der Waals surface area contributed by atoms with Gasteiger partial charge in [-0.05, 0) is 36.8 Å². The largest absolute Gasteiger partial charge is 0.370 e. The maximum Gasteiger partial charge on any atom is 0.217 e. The van der Waals surface area contributed by atoms with Gasteiger partial charge in [-0.1, -0.05) is 29.8 Å². The van der Waals surface area contributed by atoms with Gasteiger partial charge in [-0.15, -0.1) is 0 Å². The van der Waals surface area contributed by atoms with Gasteiger partial charge in [-0.25, -0.2) is 0 Å². The van der Waals surface area contributed by atoms with Crippen molar-refractivity contribution in [2.75, 3.05) is 26.7 Å². The number of rotatable bonds is 5. The van der Waals surface area contributed by atoms with E-state index >= 15 is 0 Å². The standard InChI is InChI=1S/C17H25ClN4O/c1-20-17(21-9-8-14-6-2-3-7-15(14)18)22-10-4-5-13(12-22)11-16(19)23/h2-3,6-7,13H,4-5,8-12H2,1H3,(H2,19,23)(H,20,21). The number of nitrogens with zero attached hydrogens (tertiary/aromatic N) is 2. The molecule has 1 amide bonds. The number of amides is 1. The zero-order valence-corrected chi connectivity index (χ0v) is 14.4. The molecule has 0 saturated carbocycles. The Hall–Kier alpha value is -1.75. The molecule has 2 rings (SSSR count). The molecule has 6 heteroatoms. The Bertz CT molecular complexity index is 561. The van der Waals surface area contributed by atoms with Crippen LogP contribution < -0.4 is 11.1 Å². The summed E-state index contributed by atoms with van der Waals surface area (Å²) in [5.41, 5.74) is 6.45. The molecular weight excluding hydrogens is 312 g/mol. The van der Waals surface area contributed by atoms with E-state index in [0.29, 0.717) is 12.3 Å². The summed E-state index contributed by atoms with van der Waals surface area (Å²) in [5.74, 6) is 0.980. The number of piperidine rings is 1. The molecule has 1 saturated heterocycles. The molecule has 1 aliphatic rings. The number of nitrogens with one attached hydrogen (secondary N) is 1.